The molecule has 4 aliphatic rings. The minimum atomic E-state index is -1.07. The van der Waals surface area contributed by atoms with E-state index in [0.29, 0.717) is 36.5 Å². The molecule has 4 aliphatic heterocycles. The quantitative estimate of drug-likeness (QED) is 0.155. The fourth-order valence-corrected chi connectivity index (χ4v) is 8.47. The summed E-state index contributed by atoms with van der Waals surface area (Å²) in [7, 11) is 4.98. The van der Waals surface area contributed by atoms with Crippen molar-refractivity contribution in [1.82, 2.24) is 29.6 Å². The van der Waals surface area contributed by atoms with Crippen molar-refractivity contribution in [2.45, 2.75) is 50.4 Å². The Morgan fingerprint density at radius 3 is 2.44 bits per heavy atom. The first-order valence-electron chi connectivity index (χ1n) is 18.9. The standard InChI is InChI=1S/C41H42N6O10/c1-44-20-27(24-9-12-42-19-26(24)39(44)51)23-17-33(54-2)28(34(18-23)55-3)21-45-22-31-29(45)10-13-46(31)36(49)11-14-56-15-16-57-32-6-4-5-25-37(32)41(53)47(40(25)52)30-7-8-35(48)43-38(30)50/h4-6,9,12,17-20,29-31H,7-8,10-11,13-16,21-22H2,1-3H3,(H,43,48,50). The van der Waals surface area contributed by atoms with Gasteiger partial charge in [-0.05, 0) is 54.1 Å². The molecule has 3 atom stereocenters. The highest BCUT2D eigenvalue weighted by atomic mass is 16.5. The topological polar surface area (TPSA) is 179 Å². The molecule has 16 nitrogen and oxygen atoms in total. The predicted octanol–water partition coefficient (Wildman–Crippen LogP) is 2.29. The Bertz CT molecular complexity index is 2350. The van der Waals surface area contributed by atoms with Crippen LogP contribution in [0.2, 0.25) is 0 Å². The molecule has 6 heterocycles. The van der Waals surface area contributed by atoms with Crippen molar-refractivity contribution in [1.29, 1.82) is 0 Å². The van der Waals surface area contributed by atoms with E-state index in [1.165, 1.54) is 6.07 Å². The number of carbonyl (C=O) groups is 5. The normalized spacial score (nSPS) is 20.4. The van der Waals surface area contributed by atoms with Crippen LogP contribution in [0.5, 0.6) is 17.2 Å². The molecule has 0 bridgehead atoms. The van der Waals surface area contributed by atoms with E-state index in [-0.39, 0.29) is 79.5 Å². The van der Waals surface area contributed by atoms with Crippen molar-refractivity contribution in [3.05, 3.63) is 82.0 Å². The Morgan fingerprint density at radius 2 is 1.68 bits per heavy atom. The zero-order valence-electron chi connectivity index (χ0n) is 31.8. The maximum atomic E-state index is 13.3. The first kappa shape index (κ1) is 37.8. The van der Waals surface area contributed by atoms with E-state index in [1.807, 2.05) is 29.3 Å². The lowest BCUT2D eigenvalue weighted by molar-refractivity contribution is -0.137. The number of piperidine rings is 1. The molecule has 1 N–H and O–H groups in total. The lowest BCUT2D eigenvalue weighted by Gasteiger charge is -2.47. The van der Waals surface area contributed by atoms with Gasteiger partial charge in [-0.1, -0.05) is 6.07 Å². The third-order valence-electron chi connectivity index (χ3n) is 11.4. The van der Waals surface area contributed by atoms with Gasteiger partial charge in [-0.15, -0.1) is 0 Å². The van der Waals surface area contributed by atoms with Crippen molar-refractivity contribution >= 4 is 40.3 Å². The fraction of sp³-hybridized carbons (Fsp3) is 0.390. The largest absolute Gasteiger partial charge is 0.496 e. The van der Waals surface area contributed by atoms with Gasteiger partial charge in [0, 0.05) is 63.3 Å². The summed E-state index contributed by atoms with van der Waals surface area (Å²) in [5, 5.41) is 3.51. The van der Waals surface area contributed by atoms with Crippen LogP contribution >= 0.6 is 0 Å². The van der Waals surface area contributed by atoms with Gasteiger partial charge in [0.1, 0.15) is 29.9 Å². The van der Waals surface area contributed by atoms with Gasteiger partial charge in [-0.3, -0.25) is 48.9 Å². The molecule has 4 aromatic rings. The number of hydrogen-bond donors (Lipinski definition) is 1. The molecule has 0 saturated carbocycles. The third kappa shape index (κ3) is 6.78. The Hall–Kier alpha value is -6.13. The number of imide groups is 2. The smallest absolute Gasteiger partial charge is 0.266 e. The van der Waals surface area contributed by atoms with E-state index in [2.05, 4.69) is 15.2 Å². The van der Waals surface area contributed by atoms with E-state index in [4.69, 9.17) is 18.9 Å². The van der Waals surface area contributed by atoms with Gasteiger partial charge in [0.15, 0.2) is 0 Å². The van der Waals surface area contributed by atoms with Crippen LogP contribution in [0.1, 0.15) is 52.0 Å². The number of fused-ring (bicyclic) bond motifs is 3. The summed E-state index contributed by atoms with van der Waals surface area (Å²) in [6.45, 7) is 2.35. The molecule has 16 heteroatoms. The number of methoxy groups -OCH3 is 2. The second-order valence-electron chi connectivity index (χ2n) is 14.5. The minimum Gasteiger partial charge on any atom is -0.496 e. The molecule has 2 aromatic heterocycles. The maximum Gasteiger partial charge on any atom is 0.266 e. The monoisotopic (exact) mass is 778 g/mol. The molecule has 3 fully saturated rings. The third-order valence-corrected chi connectivity index (χ3v) is 11.4. The molecule has 0 radical (unpaired) electrons. The zero-order chi connectivity index (χ0) is 40.0. The lowest BCUT2D eigenvalue weighted by Crippen LogP contribution is -2.62. The van der Waals surface area contributed by atoms with Gasteiger partial charge in [0.05, 0.1) is 62.0 Å². The van der Waals surface area contributed by atoms with Crippen molar-refractivity contribution in [3.63, 3.8) is 0 Å². The highest BCUT2D eigenvalue weighted by Crippen LogP contribution is 2.41. The average molecular weight is 779 g/mol. The summed E-state index contributed by atoms with van der Waals surface area (Å²) in [6, 6.07) is 9.67. The fourth-order valence-electron chi connectivity index (χ4n) is 8.47. The number of amides is 5. The molecule has 5 amide bonds. The van der Waals surface area contributed by atoms with Crippen LogP contribution in [-0.4, -0.2) is 119 Å². The number of hydrogen-bond acceptors (Lipinski definition) is 12. The SMILES string of the molecule is COc1cc(-c2cn(C)c(=O)c3cnccc23)cc(OC)c1CN1CC2C1CCN2C(=O)CCOCCOc1cccc2c1C(=O)N(C1CCC(=O)NC1=O)C2=O. The number of rotatable bonds is 13. The van der Waals surface area contributed by atoms with E-state index in [1.54, 1.807) is 50.4 Å². The molecule has 0 spiro atoms. The van der Waals surface area contributed by atoms with Gasteiger partial charge in [-0.25, -0.2) is 0 Å². The number of ether oxygens (including phenoxy) is 4. The number of aromatic nitrogens is 2. The summed E-state index contributed by atoms with van der Waals surface area (Å²) >= 11 is 0. The second-order valence-corrected chi connectivity index (χ2v) is 14.5. The number of likely N-dealkylation sites (tertiary alicyclic amines) is 2. The number of nitrogens with one attached hydrogen (secondary N) is 1. The van der Waals surface area contributed by atoms with Crippen LogP contribution in [0.25, 0.3) is 21.9 Å². The second kappa shape index (κ2) is 15.4. The number of carbonyl (C=O) groups excluding carboxylic acids is 5. The molecule has 57 heavy (non-hydrogen) atoms. The van der Waals surface area contributed by atoms with Crippen molar-refractivity contribution < 1.29 is 42.9 Å². The summed E-state index contributed by atoms with van der Waals surface area (Å²) < 4.78 is 24.9. The van der Waals surface area contributed by atoms with Gasteiger partial charge < -0.3 is 28.4 Å². The molecule has 2 aromatic carbocycles. The molecule has 0 aliphatic carbocycles. The molecule has 3 unspecified atom stereocenters. The van der Waals surface area contributed by atoms with Crippen molar-refractivity contribution in [2.75, 3.05) is 47.1 Å². The van der Waals surface area contributed by atoms with Crippen LogP contribution in [0.4, 0.5) is 0 Å². The van der Waals surface area contributed by atoms with Gasteiger partial charge in [0.2, 0.25) is 17.7 Å². The molecule has 8 rings (SSSR count). The minimum absolute atomic E-state index is 0.0146. The molecular weight excluding hydrogens is 736 g/mol. The highest BCUT2D eigenvalue weighted by molar-refractivity contribution is 6.24. The lowest BCUT2D eigenvalue weighted by atomic mass is 9.94. The van der Waals surface area contributed by atoms with Crippen LogP contribution in [-0.2, 0) is 32.7 Å². The average Bonchev–Trinajstić information content (AvgIpc) is 3.68. The molecule has 296 valence electrons. The first-order valence-corrected chi connectivity index (χ1v) is 18.9. The van der Waals surface area contributed by atoms with Crippen LogP contribution in [0.3, 0.4) is 0 Å². The predicted molar refractivity (Wildman–Crippen MR) is 204 cm³/mol. The van der Waals surface area contributed by atoms with Crippen molar-refractivity contribution in [3.8, 4) is 28.4 Å². The summed E-state index contributed by atoms with van der Waals surface area (Å²) in [6.07, 6.45) is 6.21. The Morgan fingerprint density at radius 1 is 0.895 bits per heavy atom. The van der Waals surface area contributed by atoms with E-state index < -0.39 is 29.7 Å². The number of aryl methyl sites for hydroxylation is 1. The summed E-state index contributed by atoms with van der Waals surface area (Å²) in [5.74, 6) is -0.830. The maximum absolute atomic E-state index is 13.3. The van der Waals surface area contributed by atoms with Crippen LogP contribution < -0.4 is 25.1 Å². The van der Waals surface area contributed by atoms with Crippen LogP contribution in [0.15, 0.2) is 59.8 Å². The Labute approximate surface area is 327 Å². The molecule has 3 saturated heterocycles. The van der Waals surface area contributed by atoms with Gasteiger partial charge in [-0.2, -0.15) is 0 Å². The van der Waals surface area contributed by atoms with Gasteiger partial charge in [0.25, 0.3) is 17.4 Å². The number of nitrogens with zero attached hydrogens (tertiary/aromatic N) is 5. The summed E-state index contributed by atoms with van der Waals surface area (Å²) in [5.41, 5.74) is 2.69. The van der Waals surface area contributed by atoms with E-state index in [0.717, 1.165) is 33.4 Å². The highest BCUT2D eigenvalue weighted by Gasteiger charge is 2.49. The molecular formula is C41H42N6O10. The Kier molecular flexibility index (Phi) is 10.2. The Balaban J connectivity index is 0.830. The number of benzene rings is 2. The van der Waals surface area contributed by atoms with E-state index in [9.17, 15) is 28.8 Å². The van der Waals surface area contributed by atoms with Gasteiger partial charge >= 0.3 is 0 Å². The van der Waals surface area contributed by atoms with Crippen LogP contribution in [0, 0.1) is 0 Å². The summed E-state index contributed by atoms with van der Waals surface area (Å²) in [4.78, 5) is 85.7. The van der Waals surface area contributed by atoms with Crippen molar-refractivity contribution in [2.24, 2.45) is 7.05 Å². The first-order chi connectivity index (χ1) is 27.6. The van der Waals surface area contributed by atoms with E-state index >= 15 is 0 Å². The zero-order valence-corrected chi connectivity index (χ0v) is 31.8. The number of pyridine rings is 2.